The number of hydrogen-bond donors (Lipinski definition) is 0. The van der Waals surface area contributed by atoms with E-state index < -0.39 is 0 Å². The molecular weight excluding hydrogens is 260 g/mol. The number of carbonyl (C=O) groups is 1. The molecule has 118 valence electrons. The molecule has 0 unspecified atom stereocenters. The summed E-state index contributed by atoms with van der Waals surface area (Å²) in [4.78, 5) is 12.6. The van der Waals surface area contributed by atoms with Crippen LogP contribution in [-0.4, -0.2) is 17.0 Å². The van der Waals surface area contributed by atoms with Gasteiger partial charge in [0.15, 0.2) is 0 Å². The van der Waals surface area contributed by atoms with Gasteiger partial charge < -0.3 is 4.74 Å². The first kappa shape index (κ1) is 15.3. The van der Waals surface area contributed by atoms with Crippen molar-refractivity contribution in [3.63, 3.8) is 0 Å². The second-order valence-corrected chi connectivity index (χ2v) is 8.94. The highest BCUT2D eigenvalue weighted by Gasteiger charge is 2.65. The van der Waals surface area contributed by atoms with Crippen LogP contribution in [0.1, 0.15) is 66.7 Å². The number of ketones is 1. The van der Waals surface area contributed by atoms with E-state index in [0.717, 1.165) is 32.1 Å². The fourth-order valence-electron chi connectivity index (χ4n) is 5.99. The molecule has 0 N–H and O–H groups in total. The fraction of sp³-hybridized carbons (Fsp3) is 0.842. The molecule has 2 nitrogen and oxygen atoms in total. The molecule has 21 heavy (non-hydrogen) atoms. The van der Waals surface area contributed by atoms with Gasteiger partial charge in [0.05, 0.1) is 11.2 Å². The number of carbonyl (C=O) groups excluding carboxylic acids is 1. The molecule has 3 rings (SSSR count). The van der Waals surface area contributed by atoms with Crippen LogP contribution in [0.15, 0.2) is 12.7 Å². The molecule has 0 radical (unpaired) electrons. The Morgan fingerprint density at radius 1 is 1.10 bits per heavy atom. The zero-order valence-electron chi connectivity index (χ0n) is 14.3. The monoisotopic (exact) mass is 290 g/mol. The van der Waals surface area contributed by atoms with Crippen LogP contribution in [0.2, 0.25) is 0 Å². The Morgan fingerprint density at radius 3 is 2.33 bits per heavy atom. The topological polar surface area (TPSA) is 26.3 Å². The lowest BCUT2D eigenvalue weighted by Gasteiger charge is -2.60. The van der Waals surface area contributed by atoms with Crippen molar-refractivity contribution in [3.8, 4) is 0 Å². The van der Waals surface area contributed by atoms with E-state index in [2.05, 4.69) is 41.2 Å². The Morgan fingerprint density at radius 2 is 1.71 bits per heavy atom. The highest BCUT2D eigenvalue weighted by molar-refractivity contribution is 5.88. The zero-order chi connectivity index (χ0) is 15.7. The smallest absolute Gasteiger partial charge is 0.139 e. The molecule has 2 aliphatic carbocycles. The van der Waals surface area contributed by atoms with Crippen molar-refractivity contribution < 1.29 is 9.53 Å². The minimum Gasteiger partial charge on any atom is -0.365 e. The molecule has 2 saturated carbocycles. The van der Waals surface area contributed by atoms with Gasteiger partial charge in [-0.1, -0.05) is 26.8 Å². The van der Waals surface area contributed by atoms with Gasteiger partial charge in [-0.3, -0.25) is 4.79 Å². The van der Waals surface area contributed by atoms with Crippen LogP contribution in [0.3, 0.4) is 0 Å². The van der Waals surface area contributed by atoms with Gasteiger partial charge in [0.25, 0.3) is 0 Å². The minimum atomic E-state index is -0.202. The maximum Gasteiger partial charge on any atom is 0.139 e. The van der Waals surface area contributed by atoms with Crippen molar-refractivity contribution in [3.05, 3.63) is 12.7 Å². The molecule has 1 aliphatic heterocycles. The Balaban J connectivity index is 1.98. The molecule has 0 amide bonds. The summed E-state index contributed by atoms with van der Waals surface area (Å²) < 4.78 is 6.56. The standard InChI is InChI=1S/C19H30O2/c1-7-17(4)10-8-14-18(5)12-15(20)16(2,3)13(18)9-11-19(14,6)21-17/h7,13-14H,1,8-12H2,2-6H3/t13-,14+,17-,18-,19+/m0/s1. The normalized spacial score (nSPS) is 52.1. The summed E-state index contributed by atoms with van der Waals surface area (Å²) in [5, 5.41) is 0. The van der Waals surface area contributed by atoms with E-state index >= 15 is 0 Å². The van der Waals surface area contributed by atoms with Crippen LogP contribution in [0, 0.1) is 22.7 Å². The lowest BCUT2D eigenvalue weighted by atomic mass is 9.52. The van der Waals surface area contributed by atoms with Gasteiger partial charge >= 0.3 is 0 Å². The van der Waals surface area contributed by atoms with Crippen molar-refractivity contribution in [2.75, 3.05) is 0 Å². The highest BCUT2D eigenvalue weighted by atomic mass is 16.5. The highest BCUT2D eigenvalue weighted by Crippen LogP contribution is 2.66. The van der Waals surface area contributed by atoms with Crippen LogP contribution < -0.4 is 0 Å². The Bertz CT molecular complexity index is 494. The van der Waals surface area contributed by atoms with Crippen molar-refractivity contribution in [2.24, 2.45) is 22.7 Å². The van der Waals surface area contributed by atoms with Crippen LogP contribution >= 0.6 is 0 Å². The maximum absolute atomic E-state index is 12.6. The Hall–Kier alpha value is -0.630. The molecule has 3 aliphatic rings. The Labute approximate surface area is 129 Å². The number of Topliss-reactive ketones (excluding diaryl/α,β-unsaturated/α-hetero) is 1. The first-order chi connectivity index (χ1) is 9.57. The average Bonchev–Trinajstić information content (AvgIpc) is 2.54. The van der Waals surface area contributed by atoms with Crippen molar-refractivity contribution in [1.82, 2.24) is 0 Å². The summed E-state index contributed by atoms with van der Waals surface area (Å²) in [6.45, 7) is 15.1. The van der Waals surface area contributed by atoms with Gasteiger partial charge in [0.2, 0.25) is 0 Å². The molecule has 3 fully saturated rings. The minimum absolute atomic E-state index is 0.104. The number of rotatable bonds is 1. The SMILES string of the molecule is C=C[C@@]1(C)CC[C@@H]2[C@@]3(C)CC(=O)C(C)(C)[C@@H]3CC[C@@]2(C)O1. The van der Waals surface area contributed by atoms with Crippen LogP contribution in [-0.2, 0) is 9.53 Å². The summed E-state index contributed by atoms with van der Waals surface area (Å²) in [6.07, 6.45) is 7.04. The average molecular weight is 290 g/mol. The first-order valence-corrected chi connectivity index (χ1v) is 8.44. The molecule has 0 aromatic heterocycles. The van der Waals surface area contributed by atoms with Gasteiger partial charge in [-0.15, -0.1) is 6.58 Å². The van der Waals surface area contributed by atoms with E-state index in [1.165, 1.54) is 0 Å². The predicted octanol–water partition coefficient (Wildman–Crippen LogP) is 4.53. The summed E-state index contributed by atoms with van der Waals surface area (Å²) in [7, 11) is 0. The molecule has 0 spiro atoms. The summed E-state index contributed by atoms with van der Waals surface area (Å²) >= 11 is 0. The third-order valence-corrected chi connectivity index (χ3v) is 7.22. The molecular formula is C19H30O2. The number of ether oxygens (including phenoxy) is 1. The van der Waals surface area contributed by atoms with Crippen LogP contribution in [0.5, 0.6) is 0 Å². The van der Waals surface area contributed by atoms with E-state index in [4.69, 9.17) is 4.74 Å². The quantitative estimate of drug-likeness (QED) is 0.663. The van der Waals surface area contributed by atoms with Crippen molar-refractivity contribution >= 4 is 5.78 Å². The molecule has 5 atom stereocenters. The molecule has 0 aromatic rings. The van der Waals surface area contributed by atoms with Crippen molar-refractivity contribution in [1.29, 1.82) is 0 Å². The molecule has 1 saturated heterocycles. The Kier molecular flexibility index (Phi) is 3.07. The van der Waals surface area contributed by atoms with Gasteiger partial charge in [-0.2, -0.15) is 0 Å². The van der Waals surface area contributed by atoms with Crippen LogP contribution in [0.4, 0.5) is 0 Å². The second kappa shape index (κ2) is 4.22. The van der Waals surface area contributed by atoms with Gasteiger partial charge in [0, 0.05) is 11.8 Å². The van der Waals surface area contributed by atoms with Gasteiger partial charge in [-0.05, 0) is 56.8 Å². The van der Waals surface area contributed by atoms with Crippen LogP contribution in [0.25, 0.3) is 0 Å². The second-order valence-electron chi connectivity index (χ2n) is 8.94. The molecule has 0 aromatic carbocycles. The van der Waals surface area contributed by atoms with E-state index in [1.54, 1.807) is 0 Å². The zero-order valence-corrected chi connectivity index (χ0v) is 14.3. The van der Waals surface area contributed by atoms with E-state index in [1.807, 2.05) is 6.08 Å². The molecule has 2 heteroatoms. The maximum atomic E-state index is 12.6. The molecule has 0 bridgehead atoms. The van der Waals surface area contributed by atoms with E-state index in [9.17, 15) is 4.79 Å². The summed E-state index contributed by atoms with van der Waals surface area (Å²) in [5.41, 5.74) is -0.356. The number of fused-ring (bicyclic) bond motifs is 3. The summed E-state index contributed by atoms with van der Waals surface area (Å²) in [6, 6.07) is 0. The van der Waals surface area contributed by atoms with Crippen molar-refractivity contribution in [2.45, 2.75) is 77.9 Å². The van der Waals surface area contributed by atoms with Gasteiger partial charge in [-0.25, -0.2) is 0 Å². The third kappa shape index (κ3) is 1.91. The van der Waals surface area contributed by atoms with E-state index in [-0.39, 0.29) is 22.0 Å². The number of hydrogen-bond acceptors (Lipinski definition) is 2. The lowest BCUT2D eigenvalue weighted by molar-refractivity contribution is -0.236. The molecule has 1 heterocycles. The van der Waals surface area contributed by atoms with E-state index in [0.29, 0.717) is 17.6 Å². The first-order valence-electron chi connectivity index (χ1n) is 8.44. The third-order valence-electron chi connectivity index (χ3n) is 7.22. The summed E-state index contributed by atoms with van der Waals surface area (Å²) in [5.74, 6) is 1.45. The predicted molar refractivity (Wildman–Crippen MR) is 85.1 cm³/mol. The van der Waals surface area contributed by atoms with Gasteiger partial charge in [0.1, 0.15) is 5.78 Å². The largest absolute Gasteiger partial charge is 0.365 e. The lowest BCUT2D eigenvalue weighted by Crippen LogP contribution is -2.59. The fourth-order valence-corrected chi connectivity index (χ4v) is 5.99.